The van der Waals surface area contributed by atoms with Crippen molar-refractivity contribution in [1.29, 1.82) is 0 Å². The molecule has 0 radical (unpaired) electrons. The van der Waals surface area contributed by atoms with Crippen LogP contribution in [0.4, 0.5) is 5.69 Å². The molecule has 4 heteroatoms. The molecular weight excluding hydrogens is 274 g/mol. The second-order valence-electron chi connectivity index (χ2n) is 6.42. The van der Waals surface area contributed by atoms with E-state index in [0.717, 1.165) is 29.3 Å². The molecule has 1 heterocycles. The number of ether oxygens (including phenoxy) is 1. The van der Waals surface area contributed by atoms with E-state index in [1.165, 1.54) is 19.3 Å². The van der Waals surface area contributed by atoms with E-state index in [1.807, 2.05) is 18.2 Å². The summed E-state index contributed by atoms with van der Waals surface area (Å²) in [5.74, 6) is 0.629. The smallest absolute Gasteiger partial charge is 0.0699 e. The summed E-state index contributed by atoms with van der Waals surface area (Å²) in [6.07, 6.45) is 5.47. The highest BCUT2D eigenvalue weighted by Gasteiger charge is 2.66. The molecule has 108 valence electrons. The molecule has 3 aliphatic rings. The maximum absolute atomic E-state index is 9.28. The van der Waals surface area contributed by atoms with Gasteiger partial charge in [0.05, 0.1) is 23.4 Å². The number of fused-ring (bicyclic) bond motifs is 2. The molecule has 1 aromatic carbocycles. The van der Waals surface area contributed by atoms with Crippen LogP contribution < -0.4 is 5.32 Å². The largest absolute Gasteiger partial charge is 0.392 e. The summed E-state index contributed by atoms with van der Waals surface area (Å²) < 4.78 is 5.94. The minimum atomic E-state index is 0.0524. The van der Waals surface area contributed by atoms with E-state index in [2.05, 4.69) is 5.32 Å². The Balaban J connectivity index is 1.59. The monoisotopic (exact) mass is 293 g/mol. The quantitative estimate of drug-likeness (QED) is 0.899. The van der Waals surface area contributed by atoms with Gasteiger partial charge in [0.15, 0.2) is 0 Å². The number of anilines is 1. The lowest BCUT2D eigenvalue weighted by atomic mass is 9.46. The van der Waals surface area contributed by atoms with Crippen LogP contribution in [0.5, 0.6) is 0 Å². The van der Waals surface area contributed by atoms with Crippen molar-refractivity contribution in [3.63, 3.8) is 0 Å². The standard InChI is InChI=1S/C16H20ClNO2/c17-12-3-2-10(9-19)8-13(12)18-14-11-4-7-20-15(11)16(14)5-1-6-16/h2-3,8,11,14-15,18-19H,1,4-7,9H2. The summed E-state index contributed by atoms with van der Waals surface area (Å²) >= 11 is 6.30. The Kier molecular flexibility index (Phi) is 2.99. The van der Waals surface area contributed by atoms with Crippen LogP contribution in [0.15, 0.2) is 18.2 Å². The van der Waals surface area contributed by atoms with Crippen molar-refractivity contribution < 1.29 is 9.84 Å². The van der Waals surface area contributed by atoms with E-state index in [9.17, 15) is 5.11 Å². The van der Waals surface area contributed by atoms with E-state index in [1.54, 1.807) is 0 Å². The van der Waals surface area contributed by atoms with E-state index in [-0.39, 0.29) is 6.61 Å². The SMILES string of the molecule is OCc1ccc(Cl)c(NC2C3CCOC3C23CCC3)c1. The first kappa shape index (κ1) is 12.9. The fourth-order valence-corrected chi connectivity index (χ4v) is 4.58. The van der Waals surface area contributed by atoms with Crippen LogP contribution in [0.2, 0.25) is 5.02 Å². The third kappa shape index (κ3) is 1.66. The van der Waals surface area contributed by atoms with Gasteiger partial charge >= 0.3 is 0 Å². The maximum Gasteiger partial charge on any atom is 0.0699 e. The number of halogens is 1. The van der Waals surface area contributed by atoms with Crippen LogP contribution in [-0.2, 0) is 11.3 Å². The van der Waals surface area contributed by atoms with Crippen LogP contribution in [0.25, 0.3) is 0 Å². The van der Waals surface area contributed by atoms with Gasteiger partial charge in [-0.05, 0) is 37.0 Å². The van der Waals surface area contributed by atoms with Crippen molar-refractivity contribution >= 4 is 17.3 Å². The Morgan fingerprint density at radius 3 is 2.95 bits per heavy atom. The summed E-state index contributed by atoms with van der Waals surface area (Å²) in [6.45, 7) is 0.955. The van der Waals surface area contributed by atoms with E-state index < -0.39 is 0 Å². The van der Waals surface area contributed by atoms with Crippen molar-refractivity contribution in [2.24, 2.45) is 11.3 Å². The zero-order valence-corrected chi connectivity index (χ0v) is 12.2. The van der Waals surface area contributed by atoms with E-state index >= 15 is 0 Å². The lowest BCUT2D eigenvalue weighted by Crippen LogP contribution is -2.68. The summed E-state index contributed by atoms with van der Waals surface area (Å²) in [7, 11) is 0. The Morgan fingerprint density at radius 1 is 1.40 bits per heavy atom. The summed E-state index contributed by atoms with van der Waals surface area (Å²) in [5.41, 5.74) is 2.21. The summed E-state index contributed by atoms with van der Waals surface area (Å²) in [6, 6.07) is 6.19. The molecule has 2 N–H and O–H groups in total. The molecule has 4 rings (SSSR count). The lowest BCUT2D eigenvalue weighted by molar-refractivity contribution is -0.158. The Labute approximate surface area is 124 Å². The molecule has 1 spiro atoms. The Hall–Kier alpha value is -0.770. The normalized spacial score (nSPS) is 33.4. The molecule has 3 unspecified atom stereocenters. The predicted molar refractivity (Wildman–Crippen MR) is 78.9 cm³/mol. The first-order chi connectivity index (χ1) is 9.74. The molecule has 0 aromatic heterocycles. The van der Waals surface area contributed by atoms with Crippen molar-refractivity contribution in [1.82, 2.24) is 0 Å². The third-order valence-corrected chi connectivity index (χ3v) is 5.89. The molecule has 1 saturated heterocycles. The maximum atomic E-state index is 9.28. The van der Waals surface area contributed by atoms with Crippen LogP contribution in [0, 0.1) is 11.3 Å². The third-order valence-electron chi connectivity index (χ3n) is 5.56. The highest BCUT2D eigenvalue weighted by atomic mass is 35.5. The van der Waals surface area contributed by atoms with Crippen molar-refractivity contribution in [2.45, 2.75) is 44.4 Å². The van der Waals surface area contributed by atoms with E-state index in [4.69, 9.17) is 16.3 Å². The average molecular weight is 294 g/mol. The van der Waals surface area contributed by atoms with Gasteiger partial charge in [-0.25, -0.2) is 0 Å². The van der Waals surface area contributed by atoms with Gasteiger partial charge in [-0.3, -0.25) is 0 Å². The number of aliphatic hydroxyl groups excluding tert-OH is 1. The van der Waals surface area contributed by atoms with Crippen molar-refractivity contribution in [3.8, 4) is 0 Å². The lowest BCUT2D eigenvalue weighted by Gasteiger charge is -2.63. The minimum absolute atomic E-state index is 0.0524. The number of aliphatic hydroxyl groups is 1. The highest BCUT2D eigenvalue weighted by molar-refractivity contribution is 6.33. The zero-order valence-electron chi connectivity index (χ0n) is 11.4. The molecular formula is C16H20ClNO2. The first-order valence-electron chi connectivity index (χ1n) is 7.52. The number of hydrogen-bond donors (Lipinski definition) is 2. The van der Waals surface area contributed by atoms with Gasteiger partial charge in [-0.15, -0.1) is 0 Å². The molecule has 1 aliphatic heterocycles. The van der Waals surface area contributed by atoms with E-state index in [0.29, 0.717) is 23.5 Å². The molecule has 3 atom stereocenters. The van der Waals surface area contributed by atoms with Crippen LogP contribution in [-0.4, -0.2) is 23.9 Å². The molecule has 2 aliphatic carbocycles. The number of hydrogen-bond acceptors (Lipinski definition) is 3. The van der Waals surface area contributed by atoms with Crippen molar-refractivity contribution in [3.05, 3.63) is 28.8 Å². The molecule has 2 saturated carbocycles. The van der Waals surface area contributed by atoms with Gasteiger partial charge in [0.1, 0.15) is 0 Å². The Morgan fingerprint density at radius 2 is 2.25 bits per heavy atom. The molecule has 0 bridgehead atoms. The fourth-order valence-electron chi connectivity index (χ4n) is 4.40. The molecule has 1 aromatic rings. The van der Waals surface area contributed by atoms with Crippen LogP contribution in [0.3, 0.4) is 0 Å². The Bertz CT molecular complexity index is 529. The second-order valence-corrected chi connectivity index (χ2v) is 6.83. The number of nitrogens with one attached hydrogen (secondary N) is 1. The van der Waals surface area contributed by atoms with Crippen molar-refractivity contribution in [2.75, 3.05) is 11.9 Å². The molecule has 20 heavy (non-hydrogen) atoms. The zero-order chi connectivity index (χ0) is 13.7. The summed E-state index contributed by atoms with van der Waals surface area (Å²) in [5, 5.41) is 13.7. The van der Waals surface area contributed by atoms with Gasteiger partial charge in [-0.2, -0.15) is 0 Å². The van der Waals surface area contributed by atoms with Gasteiger partial charge in [0, 0.05) is 24.0 Å². The van der Waals surface area contributed by atoms with Gasteiger partial charge in [0.25, 0.3) is 0 Å². The van der Waals surface area contributed by atoms with Gasteiger partial charge < -0.3 is 15.2 Å². The minimum Gasteiger partial charge on any atom is -0.392 e. The predicted octanol–water partition coefficient (Wildman–Crippen LogP) is 3.20. The molecule has 0 amide bonds. The number of rotatable bonds is 3. The van der Waals surface area contributed by atoms with Gasteiger partial charge in [0.2, 0.25) is 0 Å². The topological polar surface area (TPSA) is 41.5 Å². The average Bonchev–Trinajstić information content (AvgIpc) is 2.81. The highest BCUT2D eigenvalue weighted by Crippen LogP contribution is 2.63. The second kappa shape index (κ2) is 4.62. The van der Waals surface area contributed by atoms with Crippen LogP contribution >= 0.6 is 11.6 Å². The van der Waals surface area contributed by atoms with Crippen LogP contribution in [0.1, 0.15) is 31.2 Å². The molecule has 3 nitrogen and oxygen atoms in total. The fraction of sp³-hybridized carbons (Fsp3) is 0.625. The first-order valence-corrected chi connectivity index (χ1v) is 7.90. The molecule has 3 fully saturated rings. The van der Waals surface area contributed by atoms with Gasteiger partial charge in [-0.1, -0.05) is 24.1 Å². The number of benzene rings is 1. The summed E-state index contributed by atoms with van der Waals surface area (Å²) in [4.78, 5) is 0.